The molecule has 0 radical (unpaired) electrons. The molecule has 18 heavy (non-hydrogen) atoms. The lowest BCUT2D eigenvalue weighted by Crippen LogP contribution is -2.00. The molecule has 92 valence electrons. The van der Waals surface area contributed by atoms with Crippen molar-refractivity contribution in [2.45, 2.75) is 13.3 Å². The highest BCUT2D eigenvalue weighted by molar-refractivity contribution is 5.94. The molecule has 0 fully saturated rings. The SMILES string of the molecule is CCCOC(=O)C=Cc1cccc2ccccc12. The van der Waals surface area contributed by atoms with Gasteiger partial charge in [0.25, 0.3) is 0 Å². The van der Waals surface area contributed by atoms with Crippen LogP contribution >= 0.6 is 0 Å². The van der Waals surface area contributed by atoms with E-state index in [4.69, 9.17) is 4.74 Å². The summed E-state index contributed by atoms with van der Waals surface area (Å²) < 4.78 is 5.00. The van der Waals surface area contributed by atoms with Gasteiger partial charge in [-0.05, 0) is 28.8 Å². The predicted molar refractivity (Wildman–Crippen MR) is 74.2 cm³/mol. The van der Waals surface area contributed by atoms with Crippen molar-refractivity contribution in [1.29, 1.82) is 0 Å². The maximum absolute atomic E-state index is 11.4. The largest absolute Gasteiger partial charge is 0.463 e. The van der Waals surface area contributed by atoms with Gasteiger partial charge < -0.3 is 4.74 Å². The van der Waals surface area contributed by atoms with Crippen LogP contribution in [0, 0.1) is 0 Å². The number of hydrogen-bond acceptors (Lipinski definition) is 2. The Labute approximate surface area is 107 Å². The molecule has 0 bridgehead atoms. The molecular weight excluding hydrogens is 224 g/mol. The maximum Gasteiger partial charge on any atom is 0.330 e. The summed E-state index contributed by atoms with van der Waals surface area (Å²) in [5.74, 6) is -0.287. The van der Waals surface area contributed by atoms with Gasteiger partial charge in [0.15, 0.2) is 0 Å². The first kappa shape index (κ1) is 12.4. The summed E-state index contributed by atoms with van der Waals surface area (Å²) in [4.78, 5) is 11.4. The van der Waals surface area contributed by atoms with Crippen molar-refractivity contribution in [3.05, 3.63) is 54.1 Å². The molecule has 0 N–H and O–H groups in total. The number of fused-ring (bicyclic) bond motifs is 1. The maximum atomic E-state index is 11.4. The Hall–Kier alpha value is -2.09. The van der Waals surface area contributed by atoms with Crippen LogP contribution in [0.4, 0.5) is 0 Å². The van der Waals surface area contributed by atoms with E-state index in [0.717, 1.165) is 17.4 Å². The zero-order valence-corrected chi connectivity index (χ0v) is 10.4. The van der Waals surface area contributed by atoms with E-state index < -0.39 is 0 Å². The van der Waals surface area contributed by atoms with Crippen LogP contribution in [-0.4, -0.2) is 12.6 Å². The fourth-order valence-corrected chi connectivity index (χ4v) is 1.80. The number of carbonyl (C=O) groups is 1. The van der Waals surface area contributed by atoms with Crippen LogP contribution < -0.4 is 0 Å². The average molecular weight is 240 g/mol. The second-order valence-electron chi connectivity index (χ2n) is 4.07. The Balaban J connectivity index is 2.21. The molecular formula is C16H16O2. The van der Waals surface area contributed by atoms with Gasteiger partial charge >= 0.3 is 5.97 Å². The highest BCUT2D eigenvalue weighted by Gasteiger charge is 1.98. The quantitative estimate of drug-likeness (QED) is 0.600. The molecule has 0 aliphatic rings. The third-order valence-electron chi connectivity index (χ3n) is 2.67. The third-order valence-corrected chi connectivity index (χ3v) is 2.67. The second kappa shape index (κ2) is 6.01. The number of benzene rings is 2. The molecule has 0 amide bonds. The van der Waals surface area contributed by atoms with E-state index in [9.17, 15) is 4.79 Å². The molecule has 0 atom stereocenters. The van der Waals surface area contributed by atoms with Crippen LogP contribution in [0.3, 0.4) is 0 Å². The van der Waals surface area contributed by atoms with Gasteiger partial charge in [0.1, 0.15) is 0 Å². The van der Waals surface area contributed by atoms with Crippen molar-refractivity contribution in [1.82, 2.24) is 0 Å². The Morgan fingerprint density at radius 3 is 2.78 bits per heavy atom. The van der Waals surface area contributed by atoms with Crippen molar-refractivity contribution in [3.63, 3.8) is 0 Å². The second-order valence-corrected chi connectivity index (χ2v) is 4.07. The van der Waals surface area contributed by atoms with Crippen LogP contribution in [-0.2, 0) is 9.53 Å². The van der Waals surface area contributed by atoms with Crippen LogP contribution in [0.15, 0.2) is 48.5 Å². The Bertz CT molecular complexity index is 565. The minimum absolute atomic E-state index is 0.287. The molecule has 0 aliphatic carbocycles. The van der Waals surface area contributed by atoms with Crippen molar-refractivity contribution in [2.75, 3.05) is 6.61 Å². The number of carbonyl (C=O) groups excluding carboxylic acids is 1. The highest BCUT2D eigenvalue weighted by atomic mass is 16.5. The fraction of sp³-hybridized carbons (Fsp3) is 0.188. The number of ether oxygens (including phenoxy) is 1. The summed E-state index contributed by atoms with van der Waals surface area (Å²) in [5, 5.41) is 2.31. The summed E-state index contributed by atoms with van der Waals surface area (Å²) in [6, 6.07) is 14.1. The summed E-state index contributed by atoms with van der Waals surface area (Å²) >= 11 is 0. The van der Waals surface area contributed by atoms with Gasteiger partial charge in [0.05, 0.1) is 6.61 Å². The fourth-order valence-electron chi connectivity index (χ4n) is 1.80. The molecule has 0 saturated heterocycles. The van der Waals surface area contributed by atoms with Crippen LogP contribution in [0.1, 0.15) is 18.9 Å². The first-order valence-corrected chi connectivity index (χ1v) is 6.14. The molecule has 2 heteroatoms. The Morgan fingerprint density at radius 1 is 1.17 bits per heavy atom. The van der Waals surface area contributed by atoms with Gasteiger partial charge in [-0.1, -0.05) is 49.4 Å². The van der Waals surface area contributed by atoms with Crippen molar-refractivity contribution < 1.29 is 9.53 Å². The highest BCUT2D eigenvalue weighted by Crippen LogP contribution is 2.19. The van der Waals surface area contributed by atoms with Gasteiger partial charge in [0, 0.05) is 6.08 Å². The summed E-state index contributed by atoms with van der Waals surface area (Å²) in [6.45, 7) is 2.44. The van der Waals surface area contributed by atoms with Gasteiger partial charge in [0.2, 0.25) is 0 Å². The molecule has 0 aliphatic heterocycles. The van der Waals surface area contributed by atoms with Crippen LogP contribution in [0.2, 0.25) is 0 Å². The number of rotatable bonds is 4. The van der Waals surface area contributed by atoms with Gasteiger partial charge in [-0.25, -0.2) is 4.79 Å². The van der Waals surface area contributed by atoms with Gasteiger partial charge in [-0.2, -0.15) is 0 Å². The van der Waals surface area contributed by atoms with Crippen molar-refractivity contribution in [2.24, 2.45) is 0 Å². The molecule has 0 saturated carbocycles. The first-order chi connectivity index (χ1) is 8.81. The van der Waals surface area contributed by atoms with E-state index in [1.165, 1.54) is 11.5 Å². The standard InChI is InChI=1S/C16H16O2/c1-2-12-18-16(17)11-10-14-8-5-7-13-6-3-4-9-15(13)14/h3-11H,2,12H2,1H3. The number of esters is 1. The molecule has 0 heterocycles. The molecule has 2 aromatic carbocycles. The number of hydrogen-bond donors (Lipinski definition) is 0. The van der Waals surface area contributed by atoms with Gasteiger partial charge in [-0.15, -0.1) is 0 Å². The molecule has 2 rings (SSSR count). The average Bonchev–Trinajstić information content (AvgIpc) is 2.42. The molecule has 0 aromatic heterocycles. The topological polar surface area (TPSA) is 26.3 Å². The molecule has 0 unspecified atom stereocenters. The minimum Gasteiger partial charge on any atom is -0.463 e. The van der Waals surface area contributed by atoms with Crippen molar-refractivity contribution in [3.8, 4) is 0 Å². The third kappa shape index (κ3) is 2.98. The van der Waals surface area contributed by atoms with E-state index in [-0.39, 0.29) is 5.97 Å². The normalized spacial score (nSPS) is 10.9. The van der Waals surface area contributed by atoms with Gasteiger partial charge in [-0.3, -0.25) is 0 Å². The summed E-state index contributed by atoms with van der Waals surface area (Å²) in [5.41, 5.74) is 1.03. The molecule has 2 aromatic rings. The monoisotopic (exact) mass is 240 g/mol. The minimum atomic E-state index is -0.287. The smallest absolute Gasteiger partial charge is 0.330 e. The van der Waals surface area contributed by atoms with E-state index in [1.807, 2.05) is 37.3 Å². The first-order valence-electron chi connectivity index (χ1n) is 6.14. The van der Waals surface area contributed by atoms with Crippen molar-refractivity contribution >= 4 is 22.8 Å². The van der Waals surface area contributed by atoms with Crippen LogP contribution in [0.5, 0.6) is 0 Å². The van der Waals surface area contributed by atoms with E-state index in [0.29, 0.717) is 6.61 Å². The zero-order chi connectivity index (χ0) is 12.8. The lowest BCUT2D eigenvalue weighted by Gasteiger charge is -2.02. The lowest BCUT2D eigenvalue weighted by molar-refractivity contribution is -0.137. The molecule has 0 spiro atoms. The summed E-state index contributed by atoms with van der Waals surface area (Å²) in [7, 11) is 0. The predicted octanol–water partition coefficient (Wildman–Crippen LogP) is 3.81. The Kier molecular flexibility index (Phi) is 4.13. The zero-order valence-electron chi connectivity index (χ0n) is 10.4. The van der Waals surface area contributed by atoms with E-state index in [1.54, 1.807) is 6.08 Å². The molecule has 2 nitrogen and oxygen atoms in total. The van der Waals surface area contributed by atoms with Crippen LogP contribution in [0.25, 0.3) is 16.8 Å². The summed E-state index contributed by atoms with van der Waals surface area (Å²) in [6.07, 6.45) is 4.13. The lowest BCUT2D eigenvalue weighted by atomic mass is 10.0. The van der Waals surface area contributed by atoms with E-state index >= 15 is 0 Å². The van der Waals surface area contributed by atoms with E-state index in [2.05, 4.69) is 12.1 Å². The Morgan fingerprint density at radius 2 is 1.94 bits per heavy atom.